The Hall–Kier alpha value is -0.820. The molecule has 0 amide bonds. The van der Waals surface area contributed by atoms with E-state index in [0.29, 0.717) is 104 Å². The van der Waals surface area contributed by atoms with Gasteiger partial charge in [-0.05, 0) is 12.1 Å². The third-order valence-corrected chi connectivity index (χ3v) is 4.81. The third-order valence-electron chi connectivity index (χ3n) is 4.35. The molecule has 1 aromatic carbocycles. The molecule has 0 radical (unpaired) electrons. The number of phenolic OH excluding ortho intramolecular Hbond substituents is 1. The van der Waals surface area contributed by atoms with E-state index in [1.807, 2.05) is 12.1 Å². The zero-order valence-corrected chi connectivity index (χ0v) is 20.1. The Morgan fingerprint density at radius 3 is 1.00 bits per heavy atom. The molecule has 0 fully saturated rings. The summed E-state index contributed by atoms with van der Waals surface area (Å²) in [4.78, 5) is 0. The van der Waals surface area contributed by atoms with Crippen LogP contribution in [0.5, 0.6) is 5.75 Å². The van der Waals surface area contributed by atoms with Gasteiger partial charge in [0.05, 0.1) is 106 Å². The number of hydrogen-bond acceptors (Lipinski definition) is 9. The van der Waals surface area contributed by atoms with Gasteiger partial charge in [0, 0.05) is 15.6 Å². The second kappa shape index (κ2) is 18.6. The number of hydrogen-bond donors (Lipinski definition) is 1. The molecule has 2 bridgehead atoms. The highest BCUT2D eigenvalue weighted by Crippen LogP contribution is 2.28. The molecule has 1 aliphatic rings. The van der Waals surface area contributed by atoms with Crippen molar-refractivity contribution in [3.8, 4) is 5.75 Å². The summed E-state index contributed by atoms with van der Waals surface area (Å²) >= 11 is 3.47. The Morgan fingerprint density at radius 2 is 0.719 bits per heavy atom. The summed E-state index contributed by atoms with van der Waals surface area (Å²) in [5.41, 5.74) is 1.38. The van der Waals surface area contributed by atoms with Gasteiger partial charge in [0.1, 0.15) is 5.75 Å². The molecule has 0 unspecified atom stereocenters. The number of fused-ring (bicyclic) bond motifs is 2. The molecular weight excluding hydrogens is 488 g/mol. The second-order valence-corrected chi connectivity index (χ2v) is 7.77. The van der Waals surface area contributed by atoms with Gasteiger partial charge in [-0.2, -0.15) is 0 Å². The SMILES string of the molecule is Oc1c2cc(Br)cc1COCCOCCOCCOCCOCCOCCOCCOC2. The summed E-state index contributed by atoms with van der Waals surface area (Å²) in [7, 11) is 0. The van der Waals surface area contributed by atoms with E-state index >= 15 is 0 Å². The van der Waals surface area contributed by atoms with Crippen LogP contribution in [0.25, 0.3) is 0 Å². The standard InChI is InChI=1S/C22H35BrO9/c23-21-15-19-17-31-13-11-29-9-7-27-5-3-25-1-2-26-4-6-28-8-10-30-12-14-32-18-20(16-21)22(19)24/h15-16,24H,1-14,17-18H2. The summed E-state index contributed by atoms with van der Waals surface area (Å²) in [6.45, 7) is 7.36. The van der Waals surface area contributed by atoms with Gasteiger partial charge in [-0.15, -0.1) is 0 Å². The van der Waals surface area contributed by atoms with Crippen molar-refractivity contribution < 1.29 is 43.0 Å². The monoisotopic (exact) mass is 522 g/mol. The number of benzene rings is 1. The van der Waals surface area contributed by atoms with Crippen molar-refractivity contribution in [1.82, 2.24) is 0 Å². The highest BCUT2D eigenvalue weighted by molar-refractivity contribution is 9.10. The zero-order chi connectivity index (χ0) is 22.7. The fourth-order valence-corrected chi connectivity index (χ4v) is 3.29. The normalized spacial score (nSPS) is 20.9. The van der Waals surface area contributed by atoms with Crippen LogP contribution in [0.1, 0.15) is 11.1 Å². The highest BCUT2D eigenvalue weighted by atomic mass is 79.9. The van der Waals surface area contributed by atoms with Crippen LogP contribution in [-0.2, 0) is 51.1 Å². The van der Waals surface area contributed by atoms with Gasteiger partial charge in [-0.3, -0.25) is 0 Å². The Labute approximate surface area is 198 Å². The largest absolute Gasteiger partial charge is 0.507 e. The Balaban J connectivity index is 1.73. The highest BCUT2D eigenvalue weighted by Gasteiger charge is 2.10. The zero-order valence-electron chi connectivity index (χ0n) is 18.6. The number of aromatic hydroxyl groups is 1. The smallest absolute Gasteiger partial charge is 0.126 e. The molecule has 0 spiro atoms. The Morgan fingerprint density at radius 1 is 0.469 bits per heavy atom. The first-order valence-electron chi connectivity index (χ1n) is 10.9. The van der Waals surface area contributed by atoms with Crippen molar-refractivity contribution >= 4 is 15.9 Å². The van der Waals surface area contributed by atoms with Crippen molar-refractivity contribution in [2.75, 3.05) is 92.5 Å². The third kappa shape index (κ3) is 13.0. The minimum Gasteiger partial charge on any atom is -0.507 e. The molecule has 0 saturated heterocycles. The first-order valence-corrected chi connectivity index (χ1v) is 11.7. The summed E-state index contributed by atoms with van der Waals surface area (Å²) < 4.78 is 44.8. The van der Waals surface area contributed by atoms with E-state index < -0.39 is 0 Å². The molecule has 0 saturated carbocycles. The van der Waals surface area contributed by atoms with E-state index in [4.69, 9.17) is 37.9 Å². The lowest BCUT2D eigenvalue weighted by Crippen LogP contribution is -2.14. The molecule has 2 rings (SSSR count). The first kappa shape index (κ1) is 27.4. The molecule has 1 aromatic rings. The van der Waals surface area contributed by atoms with E-state index in [1.54, 1.807) is 0 Å². The molecule has 10 heteroatoms. The van der Waals surface area contributed by atoms with Crippen molar-refractivity contribution in [2.45, 2.75) is 13.2 Å². The van der Waals surface area contributed by atoms with Crippen molar-refractivity contribution in [3.63, 3.8) is 0 Å². The van der Waals surface area contributed by atoms with Crippen LogP contribution in [0, 0.1) is 0 Å². The lowest BCUT2D eigenvalue weighted by Gasteiger charge is -2.12. The summed E-state index contributed by atoms with van der Waals surface area (Å²) in [6.07, 6.45) is 0. The number of halogens is 1. The predicted molar refractivity (Wildman–Crippen MR) is 120 cm³/mol. The van der Waals surface area contributed by atoms with Gasteiger partial charge >= 0.3 is 0 Å². The minimum absolute atomic E-state index is 0.179. The van der Waals surface area contributed by atoms with Crippen LogP contribution >= 0.6 is 15.9 Å². The molecule has 32 heavy (non-hydrogen) atoms. The molecule has 1 heterocycles. The topological polar surface area (TPSA) is 94.1 Å². The quantitative estimate of drug-likeness (QED) is 0.550. The van der Waals surface area contributed by atoms with E-state index in [2.05, 4.69) is 15.9 Å². The molecular formula is C22H35BrO9. The van der Waals surface area contributed by atoms with Gasteiger partial charge in [-0.25, -0.2) is 0 Å². The van der Waals surface area contributed by atoms with Gasteiger partial charge in [-0.1, -0.05) is 15.9 Å². The fraction of sp³-hybridized carbons (Fsp3) is 0.727. The minimum atomic E-state index is 0.179. The Bertz CT molecular complexity index is 556. The predicted octanol–water partition coefficient (Wildman–Crippen LogP) is 2.30. The number of rotatable bonds is 0. The van der Waals surface area contributed by atoms with Crippen molar-refractivity contribution in [2.24, 2.45) is 0 Å². The van der Waals surface area contributed by atoms with Crippen LogP contribution < -0.4 is 0 Å². The maximum atomic E-state index is 10.5. The number of phenols is 1. The van der Waals surface area contributed by atoms with Crippen LogP contribution in [0.2, 0.25) is 0 Å². The van der Waals surface area contributed by atoms with Gasteiger partial charge in [0.25, 0.3) is 0 Å². The van der Waals surface area contributed by atoms with E-state index in [1.165, 1.54) is 0 Å². The lowest BCUT2D eigenvalue weighted by atomic mass is 10.1. The van der Waals surface area contributed by atoms with Crippen LogP contribution in [-0.4, -0.2) is 97.6 Å². The Kier molecular flexibility index (Phi) is 15.9. The van der Waals surface area contributed by atoms with Crippen LogP contribution in [0.15, 0.2) is 16.6 Å². The maximum absolute atomic E-state index is 10.5. The van der Waals surface area contributed by atoms with Crippen molar-refractivity contribution in [3.05, 3.63) is 27.7 Å². The van der Waals surface area contributed by atoms with Crippen molar-refractivity contribution in [1.29, 1.82) is 0 Å². The van der Waals surface area contributed by atoms with Gasteiger partial charge < -0.3 is 43.0 Å². The van der Waals surface area contributed by atoms with Gasteiger partial charge in [0.15, 0.2) is 0 Å². The van der Waals surface area contributed by atoms with E-state index in [0.717, 1.165) is 4.47 Å². The molecule has 0 atom stereocenters. The second-order valence-electron chi connectivity index (χ2n) is 6.85. The molecule has 1 N–H and O–H groups in total. The first-order chi connectivity index (χ1) is 15.8. The molecule has 9 nitrogen and oxygen atoms in total. The molecule has 0 aromatic heterocycles. The molecule has 1 aliphatic heterocycles. The average Bonchev–Trinajstić information content (AvgIpc) is 2.78. The van der Waals surface area contributed by atoms with E-state index in [9.17, 15) is 5.11 Å². The average molecular weight is 523 g/mol. The maximum Gasteiger partial charge on any atom is 0.126 e. The van der Waals surface area contributed by atoms with Crippen LogP contribution in [0.4, 0.5) is 0 Å². The molecule has 184 valence electrons. The van der Waals surface area contributed by atoms with E-state index in [-0.39, 0.29) is 19.0 Å². The lowest BCUT2D eigenvalue weighted by molar-refractivity contribution is -0.0238. The summed E-state index contributed by atoms with van der Waals surface area (Å²) in [6, 6.07) is 3.67. The van der Waals surface area contributed by atoms with Gasteiger partial charge in [0.2, 0.25) is 0 Å². The summed E-state index contributed by atoms with van der Waals surface area (Å²) in [5.74, 6) is 0.179. The molecule has 0 aliphatic carbocycles. The fourth-order valence-electron chi connectivity index (χ4n) is 2.74. The summed E-state index contributed by atoms with van der Waals surface area (Å²) in [5, 5.41) is 10.5. The number of ether oxygens (including phenoxy) is 8. The van der Waals surface area contributed by atoms with Crippen LogP contribution in [0.3, 0.4) is 0 Å².